The van der Waals surface area contributed by atoms with Crippen LogP contribution in [0, 0.1) is 11.3 Å². The average Bonchev–Trinajstić information content (AvgIpc) is 1.63. The molecule has 0 fully saturated rings. The van der Waals surface area contributed by atoms with Crippen molar-refractivity contribution in [3.05, 3.63) is 0 Å². The van der Waals surface area contributed by atoms with E-state index in [2.05, 4.69) is 0 Å². The van der Waals surface area contributed by atoms with Crippen LogP contribution in [0.1, 0.15) is 13.8 Å². The molecule has 9 heavy (non-hydrogen) atoms. The molecule has 1 unspecified atom stereocenters. The van der Waals surface area contributed by atoms with Crippen LogP contribution in [0.2, 0.25) is 0 Å². The molecule has 0 saturated heterocycles. The molecule has 3 nitrogen and oxygen atoms in total. The summed E-state index contributed by atoms with van der Waals surface area (Å²) in [5, 5.41) is 8.04. The molecule has 1 atom stereocenters. The highest BCUT2D eigenvalue weighted by molar-refractivity contribution is 7.39. The Balaban J connectivity index is 3.42. The van der Waals surface area contributed by atoms with Gasteiger partial charge in [-0.3, -0.25) is 0 Å². The monoisotopic (exact) mass is 146 g/mol. The van der Waals surface area contributed by atoms with Gasteiger partial charge in [0.2, 0.25) is 0 Å². The van der Waals surface area contributed by atoms with Gasteiger partial charge in [0.05, 0.1) is 0 Å². The first-order valence-electron chi connectivity index (χ1n) is 2.65. The summed E-state index contributed by atoms with van der Waals surface area (Å²) in [6.45, 7) is 3.56. The van der Waals surface area contributed by atoms with Crippen molar-refractivity contribution >= 4 is 8.03 Å². The molecule has 0 radical (unpaired) electrons. The van der Waals surface area contributed by atoms with Crippen LogP contribution in [0.4, 0.5) is 0 Å². The largest absolute Gasteiger partial charge is 0.523 e. The third-order valence-electron chi connectivity index (χ3n) is 0.528. The fraction of sp³-hybridized carbons (Fsp3) is 0.800. The second kappa shape index (κ2) is 4.43. The molecule has 0 aliphatic heterocycles. The Morgan fingerprint density at radius 3 is 2.67 bits per heavy atom. The molecule has 0 bridgehead atoms. The van der Waals surface area contributed by atoms with E-state index in [1.165, 1.54) is 0 Å². The first-order chi connectivity index (χ1) is 4.16. The molecular formula is C5H9NO2P+. The lowest BCUT2D eigenvalue weighted by atomic mass is 10.5. The smallest absolute Gasteiger partial charge is 0.193 e. The van der Waals surface area contributed by atoms with Crippen molar-refractivity contribution in [2.45, 2.75) is 20.0 Å². The highest BCUT2D eigenvalue weighted by Gasteiger charge is 2.17. The predicted molar refractivity (Wildman–Crippen MR) is 34.3 cm³/mol. The number of rotatable bonds is 3. The maximum atomic E-state index is 10.6. The van der Waals surface area contributed by atoms with Gasteiger partial charge in [0, 0.05) is 0 Å². The Bertz CT molecular complexity index is 138. The van der Waals surface area contributed by atoms with Crippen molar-refractivity contribution in [3.63, 3.8) is 0 Å². The van der Waals surface area contributed by atoms with Gasteiger partial charge in [0.15, 0.2) is 0 Å². The summed E-state index contributed by atoms with van der Waals surface area (Å²) < 4.78 is 15.3. The Morgan fingerprint density at radius 2 is 2.33 bits per heavy atom. The molecule has 0 heterocycles. The van der Waals surface area contributed by atoms with Crippen molar-refractivity contribution in [3.8, 4) is 6.07 Å². The zero-order chi connectivity index (χ0) is 7.28. The summed E-state index contributed by atoms with van der Waals surface area (Å²) in [4.78, 5) is 0. The fourth-order valence-electron chi connectivity index (χ4n) is 0.330. The van der Waals surface area contributed by atoms with Crippen molar-refractivity contribution in [1.29, 1.82) is 5.26 Å². The topological polar surface area (TPSA) is 50.1 Å². The van der Waals surface area contributed by atoms with Crippen LogP contribution in [0.15, 0.2) is 0 Å². The maximum Gasteiger partial charge on any atom is 0.523 e. The van der Waals surface area contributed by atoms with Crippen LogP contribution in [-0.4, -0.2) is 12.3 Å². The van der Waals surface area contributed by atoms with Crippen molar-refractivity contribution in [1.82, 2.24) is 0 Å². The SMILES string of the molecule is CC(C)O[P+](=O)CC#N. The molecule has 0 aromatic rings. The highest BCUT2D eigenvalue weighted by Crippen LogP contribution is 2.22. The standard InChI is InChI=1S/C5H9NO2P/c1-5(2)8-9(7)4-3-6/h5H,4H2,1-2H3/q+1. The molecule has 0 aliphatic rings. The van der Waals surface area contributed by atoms with Crippen molar-refractivity contribution in [2.24, 2.45) is 0 Å². The van der Waals surface area contributed by atoms with Crippen molar-refractivity contribution in [2.75, 3.05) is 6.16 Å². The van der Waals surface area contributed by atoms with E-state index in [9.17, 15) is 4.57 Å². The van der Waals surface area contributed by atoms with Gasteiger partial charge in [-0.25, -0.2) is 0 Å². The molecule has 0 rings (SSSR count). The first kappa shape index (κ1) is 8.55. The lowest BCUT2D eigenvalue weighted by Gasteiger charge is -1.89. The van der Waals surface area contributed by atoms with Gasteiger partial charge in [-0.05, 0) is 18.4 Å². The summed E-state index contributed by atoms with van der Waals surface area (Å²) in [5.74, 6) is 0. The summed E-state index contributed by atoms with van der Waals surface area (Å²) >= 11 is 0. The summed E-state index contributed by atoms with van der Waals surface area (Å²) in [6.07, 6.45) is -0.0602. The average molecular weight is 146 g/mol. The number of nitriles is 1. The third kappa shape index (κ3) is 5.42. The lowest BCUT2D eigenvalue weighted by molar-refractivity contribution is 0.257. The number of hydrogen-bond donors (Lipinski definition) is 0. The molecule has 0 aromatic carbocycles. The predicted octanol–water partition coefficient (Wildman–Crippen LogP) is 1.68. The molecule has 50 valence electrons. The minimum atomic E-state index is -1.73. The van der Waals surface area contributed by atoms with Gasteiger partial charge in [0.25, 0.3) is 6.16 Å². The minimum absolute atomic E-state index is 0.00644. The summed E-state index contributed by atoms with van der Waals surface area (Å²) in [7, 11) is -1.73. The van der Waals surface area contributed by atoms with Gasteiger partial charge in [-0.1, -0.05) is 0 Å². The van der Waals surface area contributed by atoms with Crippen LogP contribution in [-0.2, 0) is 9.09 Å². The molecule has 0 spiro atoms. The summed E-state index contributed by atoms with van der Waals surface area (Å²) in [6, 6.07) is 1.76. The molecule has 0 amide bonds. The van der Waals surface area contributed by atoms with Crippen LogP contribution >= 0.6 is 8.03 Å². The zero-order valence-electron chi connectivity index (χ0n) is 5.50. The van der Waals surface area contributed by atoms with E-state index in [1.54, 1.807) is 19.9 Å². The van der Waals surface area contributed by atoms with Crippen LogP contribution in [0.25, 0.3) is 0 Å². The van der Waals surface area contributed by atoms with Crippen LogP contribution in [0.3, 0.4) is 0 Å². The Hall–Kier alpha value is -0.450. The van der Waals surface area contributed by atoms with Gasteiger partial charge >= 0.3 is 8.03 Å². The van der Waals surface area contributed by atoms with Crippen LogP contribution < -0.4 is 0 Å². The van der Waals surface area contributed by atoms with E-state index in [0.29, 0.717) is 0 Å². The lowest BCUT2D eigenvalue weighted by Crippen LogP contribution is -1.94. The molecule has 0 aromatic heterocycles. The zero-order valence-corrected chi connectivity index (χ0v) is 6.39. The number of nitrogens with zero attached hydrogens (tertiary/aromatic N) is 1. The van der Waals surface area contributed by atoms with Crippen molar-refractivity contribution < 1.29 is 9.09 Å². The van der Waals surface area contributed by atoms with Gasteiger partial charge in [-0.15, -0.1) is 4.52 Å². The Morgan fingerprint density at radius 1 is 1.78 bits per heavy atom. The molecule has 0 saturated carbocycles. The van der Waals surface area contributed by atoms with Gasteiger partial charge in [-0.2, -0.15) is 5.26 Å². The fourth-order valence-corrected chi connectivity index (χ4v) is 0.990. The van der Waals surface area contributed by atoms with E-state index in [0.717, 1.165) is 0 Å². The first-order valence-corrected chi connectivity index (χ1v) is 4.01. The van der Waals surface area contributed by atoms with E-state index in [4.69, 9.17) is 9.79 Å². The molecule has 0 aliphatic carbocycles. The van der Waals surface area contributed by atoms with Gasteiger partial charge < -0.3 is 0 Å². The minimum Gasteiger partial charge on any atom is -0.193 e. The van der Waals surface area contributed by atoms with E-state index in [1.807, 2.05) is 0 Å². The van der Waals surface area contributed by atoms with E-state index < -0.39 is 8.03 Å². The second-order valence-corrected chi connectivity index (χ2v) is 3.00. The van der Waals surface area contributed by atoms with E-state index in [-0.39, 0.29) is 12.3 Å². The quantitative estimate of drug-likeness (QED) is 0.569. The highest BCUT2D eigenvalue weighted by atomic mass is 31.1. The van der Waals surface area contributed by atoms with Gasteiger partial charge in [0.1, 0.15) is 12.2 Å². The molecular weight excluding hydrogens is 137 g/mol. The Labute approximate surface area is 55.5 Å². The Kier molecular flexibility index (Phi) is 4.21. The van der Waals surface area contributed by atoms with E-state index >= 15 is 0 Å². The third-order valence-corrected chi connectivity index (χ3v) is 1.58. The summed E-state index contributed by atoms with van der Waals surface area (Å²) in [5.41, 5.74) is 0. The number of hydrogen-bond acceptors (Lipinski definition) is 3. The molecule has 0 N–H and O–H groups in total. The van der Waals surface area contributed by atoms with Crippen LogP contribution in [0.5, 0.6) is 0 Å². The molecule has 4 heteroatoms. The second-order valence-electron chi connectivity index (χ2n) is 1.80. The normalized spacial score (nSPS) is 11.1. The maximum absolute atomic E-state index is 10.6.